The van der Waals surface area contributed by atoms with Gasteiger partial charge < -0.3 is 15.2 Å². The number of rotatable bonds is 6. The van der Waals surface area contributed by atoms with E-state index < -0.39 is 0 Å². The molecule has 0 radical (unpaired) electrons. The van der Waals surface area contributed by atoms with Gasteiger partial charge >= 0.3 is 0 Å². The van der Waals surface area contributed by atoms with E-state index in [4.69, 9.17) is 4.74 Å². The first-order chi connectivity index (χ1) is 13.3. The van der Waals surface area contributed by atoms with Gasteiger partial charge in [-0.3, -0.25) is 0 Å². The van der Waals surface area contributed by atoms with Crippen molar-refractivity contribution in [2.75, 3.05) is 12.4 Å². The van der Waals surface area contributed by atoms with E-state index in [-0.39, 0.29) is 6.61 Å². The molecule has 0 aliphatic rings. The van der Waals surface area contributed by atoms with E-state index in [1.54, 1.807) is 18.0 Å². The Morgan fingerprint density at radius 2 is 1.96 bits per heavy atom. The van der Waals surface area contributed by atoms with Crippen LogP contribution in [-0.4, -0.2) is 37.2 Å². The van der Waals surface area contributed by atoms with Crippen molar-refractivity contribution >= 4 is 22.8 Å². The Labute approximate surface area is 155 Å². The molecule has 0 saturated heterocycles. The van der Waals surface area contributed by atoms with Crippen molar-refractivity contribution in [1.29, 1.82) is 0 Å². The molecule has 0 amide bonds. The predicted octanol–water partition coefficient (Wildman–Crippen LogP) is 2.59. The SMILES string of the molecule is COCc1cccc(-n2nnc3cnc(Nc4cccc(CO)c4)nc32)c1. The van der Waals surface area contributed by atoms with E-state index >= 15 is 0 Å². The maximum absolute atomic E-state index is 9.28. The van der Waals surface area contributed by atoms with Gasteiger partial charge in [0.2, 0.25) is 5.95 Å². The number of ether oxygens (including phenoxy) is 1. The Morgan fingerprint density at radius 3 is 2.81 bits per heavy atom. The van der Waals surface area contributed by atoms with Crippen LogP contribution in [0.5, 0.6) is 0 Å². The van der Waals surface area contributed by atoms with Gasteiger partial charge in [-0.05, 0) is 35.4 Å². The Bertz CT molecular complexity index is 1080. The standard InChI is InChI=1S/C19H18N6O2/c1-27-12-14-5-3-7-16(9-14)25-18-17(23-24-25)10-20-19(22-18)21-15-6-2-4-13(8-15)11-26/h2-10,26H,11-12H2,1H3,(H,20,21,22). The van der Waals surface area contributed by atoms with Crippen molar-refractivity contribution in [3.05, 3.63) is 65.9 Å². The lowest BCUT2D eigenvalue weighted by Gasteiger charge is -2.07. The fourth-order valence-corrected chi connectivity index (χ4v) is 2.78. The van der Waals surface area contributed by atoms with Gasteiger partial charge in [0, 0.05) is 12.8 Å². The van der Waals surface area contributed by atoms with Crippen LogP contribution in [-0.2, 0) is 18.0 Å². The highest BCUT2D eigenvalue weighted by atomic mass is 16.5. The van der Waals surface area contributed by atoms with Gasteiger partial charge in [-0.25, -0.2) is 4.98 Å². The summed E-state index contributed by atoms with van der Waals surface area (Å²) in [4.78, 5) is 8.85. The van der Waals surface area contributed by atoms with Crippen LogP contribution < -0.4 is 5.32 Å². The van der Waals surface area contributed by atoms with Gasteiger partial charge in [-0.1, -0.05) is 29.5 Å². The second-order valence-corrected chi connectivity index (χ2v) is 5.99. The Balaban J connectivity index is 1.69. The Morgan fingerprint density at radius 1 is 1.11 bits per heavy atom. The molecular weight excluding hydrogens is 344 g/mol. The molecule has 0 bridgehead atoms. The molecule has 2 N–H and O–H groups in total. The summed E-state index contributed by atoms with van der Waals surface area (Å²) in [6.07, 6.45) is 1.63. The zero-order valence-electron chi connectivity index (χ0n) is 14.7. The summed E-state index contributed by atoms with van der Waals surface area (Å²) in [5, 5.41) is 20.8. The number of nitrogens with zero attached hydrogens (tertiary/aromatic N) is 5. The summed E-state index contributed by atoms with van der Waals surface area (Å²) < 4.78 is 6.87. The summed E-state index contributed by atoms with van der Waals surface area (Å²) in [6, 6.07) is 15.3. The summed E-state index contributed by atoms with van der Waals surface area (Å²) >= 11 is 0. The van der Waals surface area contributed by atoms with Crippen LogP contribution in [0.2, 0.25) is 0 Å². The highest BCUT2D eigenvalue weighted by Crippen LogP contribution is 2.19. The molecule has 27 heavy (non-hydrogen) atoms. The number of hydrogen-bond donors (Lipinski definition) is 2. The van der Waals surface area contributed by atoms with Crippen molar-refractivity contribution in [3.63, 3.8) is 0 Å². The average molecular weight is 362 g/mol. The van der Waals surface area contributed by atoms with Gasteiger partial charge in [0.15, 0.2) is 11.2 Å². The first kappa shape index (κ1) is 17.1. The topological polar surface area (TPSA) is 98.0 Å². The molecule has 8 nitrogen and oxygen atoms in total. The molecule has 0 spiro atoms. The summed E-state index contributed by atoms with van der Waals surface area (Å²) in [5.41, 5.74) is 4.68. The lowest BCUT2D eigenvalue weighted by atomic mass is 10.2. The van der Waals surface area contributed by atoms with Gasteiger partial charge in [-0.2, -0.15) is 9.67 Å². The third-order valence-electron chi connectivity index (χ3n) is 4.02. The first-order valence-corrected chi connectivity index (χ1v) is 8.40. The second-order valence-electron chi connectivity index (χ2n) is 5.99. The number of hydrogen-bond acceptors (Lipinski definition) is 7. The van der Waals surface area contributed by atoms with Crippen LogP contribution in [0.4, 0.5) is 11.6 Å². The molecule has 0 saturated carbocycles. The van der Waals surface area contributed by atoms with Crippen molar-refractivity contribution in [3.8, 4) is 5.69 Å². The van der Waals surface area contributed by atoms with Crippen LogP contribution in [0, 0.1) is 0 Å². The van der Waals surface area contributed by atoms with Crippen molar-refractivity contribution in [2.24, 2.45) is 0 Å². The van der Waals surface area contributed by atoms with Crippen LogP contribution in [0.1, 0.15) is 11.1 Å². The fourth-order valence-electron chi connectivity index (χ4n) is 2.78. The molecule has 2 aromatic carbocycles. The van der Waals surface area contributed by atoms with Crippen LogP contribution in [0.15, 0.2) is 54.7 Å². The quantitative estimate of drug-likeness (QED) is 0.544. The molecule has 0 unspecified atom stereocenters. The number of fused-ring (bicyclic) bond motifs is 1. The Kier molecular flexibility index (Phi) is 4.73. The van der Waals surface area contributed by atoms with E-state index in [1.807, 2.05) is 48.5 Å². The highest BCUT2D eigenvalue weighted by molar-refractivity contribution is 5.72. The number of aliphatic hydroxyl groups excluding tert-OH is 1. The fraction of sp³-hybridized carbons (Fsp3) is 0.158. The third kappa shape index (κ3) is 3.62. The van der Waals surface area contributed by atoms with Crippen LogP contribution in [0.3, 0.4) is 0 Å². The number of methoxy groups -OCH3 is 1. The third-order valence-corrected chi connectivity index (χ3v) is 4.02. The van der Waals surface area contributed by atoms with E-state index in [1.165, 1.54) is 0 Å². The number of aromatic nitrogens is 5. The molecule has 4 aromatic rings. The normalized spacial score (nSPS) is 11.0. The molecule has 4 rings (SSSR count). The number of benzene rings is 2. The lowest BCUT2D eigenvalue weighted by molar-refractivity contribution is 0.185. The second kappa shape index (κ2) is 7.48. The largest absolute Gasteiger partial charge is 0.392 e. The molecule has 136 valence electrons. The first-order valence-electron chi connectivity index (χ1n) is 8.40. The maximum atomic E-state index is 9.28. The molecule has 0 aliphatic carbocycles. The minimum atomic E-state index is -0.0239. The number of anilines is 2. The smallest absolute Gasteiger partial charge is 0.229 e. The van der Waals surface area contributed by atoms with Gasteiger partial charge in [0.25, 0.3) is 0 Å². The van der Waals surface area contributed by atoms with Crippen molar-refractivity contribution in [1.82, 2.24) is 25.0 Å². The minimum absolute atomic E-state index is 0.0239. The molecule has 0 atom stereocenters. The van der Waals surface area contributed by atoms with Crippen molar-refractivity contribution < 1.29 is 9.84 Å². The monoisotopic (exact) mass is 362 g/mol. The number of nitrogens with one attached hydrogen (secondary N) is 1. The van der Waals surface area contributed by atoms with Crippen LogP contribution >= 0.6 is 0 Å². The molecule has 2 aromatic heterocycles. The summed E-state index contributed by atoms with van der Waals surface area (Å²) in [7, 11) is 1.66. The minimum Gasteiger partial charge on any atom is -0.392 e. The zero-order chi connectivity index (χ0) is 18.6. The number of aliphatic hydroxyl groups is 1. The van der Waals surface area contributed by atoms with E-state index in [0.717, 1.165) is 22.5 Å². The average Bonchev–Trinajstić information content (AvgIpc) is 3.12. The van der Waals surface area contributed by atoms with E-state index in [0.29, 0.717) is 23.7 Å². The molecule has 0 aliphatic heterocycles. The summed E-state index contributed by atoms with van der Waals surface area (Å²) in [6.45, 7) is 0.493. The molecular formula is C19H18N6O2. The predicted molar refractivity (Wildman–Crippen MR) is 101 cm³/mol. The van der Waals surface area contributed by atoms with Crippen LogP contribution in [0.25, 0.3) is 16.9 Å². The van der Waals surface area contributed by atoms with E-state index in [9.17, 15) is 5.11 Å². The lowest BCUT2D eigenvalue weighted by Crippen LogP contribution is -2.02. The zero-order valence-corrected chi connectivity index (χ0v) is 14.7. The molecule has 2 heterocycles. The van der Waals surface area contributed by atoms with Gasteiger partial charge in [0.1, 0.15) is 0 Å². The molecule has 0 fully saturated rings. The highest BCUT2D eigenvalue weighted by Gasteiger charge is 2.11. The van der Waals surface area contributed by atoms with Gasteiger partial charge in [-0.15, -0.1) is 5.10 Å². The maximum Gasteiger partial charge on any atom is 0.229 e. The van der Waals surface area contributed by atoms with E-state index in [2.05, 4.69) is 25.6 Å². The molecule has 8 heteroatoms. The van der Waals surface area contributed by atoms with Crippen molar-refractivity contribution in [2.45, 2.75) is 13.2 Å². The Hall–Kier alpha value is -3.36. The summed E-state index contributed by atoms with van der Waals surface area (Å²) in [5.74, 6) is 0.425. The van der Waals surface area contributed by atoms with Gasteiger partial charge in [0.05, 0.1) is 25.1 Å².